The van der Waals surface area contributed by atoms with E-state index in [9.17, 15) is 9.59 Å². The Kier molecular flexibility index (Phi) is 3.67. The number of rotatable bonds is 3. The Labute approximate surface area is 106 Å². The number of hydrogen-bond donors (Lipinski definition) is 2. The molecule has 0 unspecified atom stereocenters. The molecule has 0 atom stereocenters. The van der Waals surface area contributed by atoms with Gasteiger partial charge in [-0.1, -0.05) is 12.1 Å². The summed E-state index contributed by atoms with van der Waals surface area (Å²) in [5, 5.41) is 11.6. The lowest BCUT2D eigenvalue weighted by molar-refractivity contribution is 0.00589. The summed E-state index contributed by atoms with van der Waals surface area (Å²) >= 11 is 0. The molecule has 2 rings (SSSR count). The quantitative estimate of drug-likeness (QED) is 0.728. The van der Waals surface area contributed by atoms with Crippen molar-refractivity contribution in [2.75, 3.05) is 13.1 Å². The summed E-state index contributed by atoms with van der Waals surface area (Å²) in [4.78, 5) is 24.0. The molecule has 0 aromatic heterocycles. The van der Waals surface area contributed by atoms with Crippen LogP contribution in [0.4, 0.5) is 4.79 Å². The molecule has 2 radical (unpaired) electrons. The van der Waals surface area contributed by atoms with Crippen molar-refractivity contribution in [2.45, 2.75) is 12.6 Å². The van der Waals surface area contributed by atoms with Crippen LogP contribution in [-0.4, -0.2) is 48.8 Å². The minimum Gasteiger partial charge on any atom is -0.389 e. The lowest BCUT2D eigenvalue weighted by Crippen LogP contribution is -2.53. The Morgan fingerprint density at radius 3 is 2.44 bits per heavy atom. The first-order chi connectivity index (χ1) is 8.56. The van der Waals surface area contributed by atoms with E-state index in [1.54, 1.807) is 29.2 Å². The zero-order valence-corrected chi connectivity index (χ0v) is 9.80. The van der Waals surface area contributed by atoms with Crippen molar-refractivity contribution in [1.82, 2.24) is 10.2 Å². The summed E-state index contributed by atoms with van der Waals surface area (Å²) in [7, 11) is 4.96. The Morgan fingerprint density at radius 1 is 1.33 bits per heavy atom. The first-order valence-electron chi connectivity index (χ1n) is 5.66. The number of nitrogens with zero attached hydrogens (tertiary/aromatic N) is 1. The first-order valence-corrected chi connectivity index (χ1v) is 5.66. The minimum atomic E-state index is -0.579. The third kappa shape index (κ3) is 2.90. The molecule has 6 heteroatoms. The molecule has 92 valence electrons. The van der Waals surface area contributed by atoms with Gasteiger partial charge >= 0.3 is 0 Å². The van der Waals surface area contributed by atoms with Gasteiger partial charge in [-0.3, -0.25) is 9.59 Å². The van der Waals surface area contributed by atoms with E-state index in [1.807, 2.05) is 0 Å². The third-order valence-electron chi connectivity index (χ3n) is 2.82. The number of β-amino-alcohol motifs (C(OH)–C–C–N with tert-alkyl or cyclic N) is 1. The van der Waals surface area contributed by atoms with Gasteiger partial charge in [0.25, 0.3) is 5.91 Å². The van der Waals surface area contributed by atoms with Crippen LogP contribution in [0.15, 0.2) is 24.3 Å². The van der Waals surface area contributed by atoms with E-state index in [4.69, 9.17) is 13.0 Å². The SMILES string of the molecule is [B]C(=O)NCc1ccc(C(=O)N2CC(O)C2)cc1. The molecule has 1 aromatic carbocycles. The second kappa shape index (κ2) is 5.22. The maximum atomic E-state index is 11.9. The lowest BCUT2D eigenvalue weighted by Gasteiger charge is -2.35. The number of nitrogens with one attached hydrogen (secondary N) is 1. The standard InChI is InChI=1S/C12H13BN2O3/c13-12(18)14-5-8-1-3-9(4-2-8)11(17)15-6-10(16)7-15/h1-4,10,16H,5-7H2,(H,14,18). The summed E-state index contributed by atoms with van der Waals surface area (Å²) in [5.74, 6) is -0.667. The molecule has 1 aliphatic heterocycles. The molecule has 1 fully saturated rings. The summed E-state index contributed by atoms with van der Waals surface area (Å²) in [6.45, 7) is 1.12. The van der Waals surface area contributed by atoms with Crippen molar-refractivity contribution in [3.63, 3.8) is 0 Å². The molecule has 0 bridgehead atoms. The van der Waals surface area contributed by atoms with E-state index < -0.39 is 11.9 Å². The van der Waals surface area contributed by atoms with Gasteiger partial charge in [-0.05, 0) is 17.7 Å². The van der Waals surface area contributed by atoms with Crippen LogP contribution in [0.2, 0.25) is 0 Å². The normalized spacial score (nSPS) is 15.1. The molecule has 1 aliphatic rings. The van der Waals surface area contributed by atoms with E-state index in [2.05, 4.69) is 5.32 Å². The second-order valence-corrected chi connectivity index (χ2v) is 4.28. The number of hydrogen-bond acceptors (Lipinski definition) is 3. The molecular formula is C12H13BN2O3. The highest BCUT2D eigenvalue weighted by atomic mass is 16.3. The molecule has 1 heterocycles. The van der Waals surface area contributed by atoms with Crippen LogP contribution in [0.1, 0.15) is 15.9 Å². The molecule has 0 spiro atoms. The topological polar surface area (TPSA) is 69.6 Å². The zero-order valence-electron chi connectivity index (χ0n) is 9.80. The number of benzene rings is 1. The highest BCUT2D eigenvalue weighted by molar-refractivity contribution is 6.57. The highest BCUT2D eigenvalue weighted by Gasteiger charge is 2.29. The van der Waals surface area contributed by atoms with Crippen molar-refractivity contribution in [3.8, 4) is 0 Å². The minimum absolute atomic E-state index is 0.0882. The van der Waals surface area contributed by atoms with Gasteiger partial charge in [0.15, 0.2) is 5.81 Å². The van der Waals surface area contributed by atoms with Gasteiger partial charge in [-0.15, -0.1) is 0 Å². The van der Waals surface area contributed by atoms with Gasteiger partial charge in [-0.2, -0.15) is 0 Å². The first kappa shape index (κ1) is 12.6. The van der Waals surface area contributed by atoms with E-state index in [0.29, 0.717) is 25.2 Å². The van der Waals surface area contributed by atoms with E-state index >= 15 is 0 Å². The molecule has 2 amide bonds. The van der Waals surface area contributed by atoms with Crippen LogP contribution in [0.3, 0.4) is 0 Å². The van der Waals surface area contributed by atoms with Crippen molar-refractivity contribution in [1.29, 1.82) is 0 Å². The molecule has 1 saturated heterocycles. The summed E-state index contributed by atoms with van der Waals surface area (Å²) < 4.78 is 0. The maximum absolute atomic E-state index is 11.9. The zero-order chi connectivity index (χ0) is 13.1. The van der Waals surface area contributed by atoms with E-state index in [0.717, 1.165) is 5.56 Å². The third-order valence-corrected chi connectivity index (χ3v) is 2.82. The fourth-order valence-electron chi connectivity index (χ4n) is 1.76. The molecule has 5 nitrogen and oxygen atoms in total. The van der Waals surface area contributed by atoms with Gasteiger partial charge in [0.1, 0.15) is 0 Å². The predicted molar refractivity (Wildman–Crippen MR) is 66.3 cm³/mol. The average Bonchev–Trinajstić information content (AvgIpc) is 2.32. The Bertz CT molecular complexity index is 455. The number of likely N-dealkylation sites (tertiary alicyclic amines) is 1. The molecule has 18 heavy (non-hydrogen) atoms. The largest absolute Gasteiger partial charge is 0.389 e. The number of carbonyl (C=O) groups excluding carboxylic acids is 2. The average molecular weight is 244 g/mol. The Balaban J connectivity index is 1.94. The predicted octanol–water partition coefficient (Wildman–Crippen LogP) is -0.119. The molecule has 1 aromatic rings. The van der Waals surface area contributed by atoms with E-state index in [1.165, 1.54) is 0 Å². The van der Waals surface area contributed by atoms with Gasteiger partial charge in [0.2, 0.25) is 7.85 Å². The highest BCUT2D eigenvalue weighted by Crippen LogP contribution is 2.13. The molecule has 0 saturated carbocycles. The summed E-state index contributed by atoms with van der Waals surface area (Å²) in [6, 6.07) is 6.93. The van der Waals surface area contributed by atoms with Crippen molar-refractivity contribution in [2.24, 2.45) is 0 Å². The van der Waals surface area contributed by atoms with Crippen molar-refractivity contribution < 1.29 is 14.7 Å². The molecule has 2 N–H and O–H groups in total. The molecule has 0 aliphatic carbocycles. The van der Waals surface area contributed by atoms with E-state index in [-0.39, 0.29) is 5.91 Å². The Hall–Kier alpha value is -1.82. The van der Waals surface area contributed by atoms with Crippen LogP contribution >= 0.6 is 0 Å². The van der Waals surface area contributed by atoms with Crippen molar-refractivity contribution >= 4 is 19.6 Å². The van der Waals surface area contributed by atoms with Gasteiger partial charge in [0, 0.05) is 25.2 Å². The summed E-state index contributed by atoms with van der Waals surface area (Å²) in [5.41, 5.74) is 1.44. The van der Waals surface area contributed by atoms with Crippen LogP contribution in [0, 0.1) is 0 Å². The second-order valence-electron chi connectivity index (χ2n) is 4.28. The van der Waals surface area contributed by atoms with Crippen molar-refractivity contribution in [3.05, 3.63) is 35.4 Å². The van der Waals surface area contributed by atoms with Crippen LogP contribution in [0.25, 0.3) is 0 Å². The number of aliphatic hydroxyl groups is 1. The molecular weight excluding hydrogens is 231 g/mol. The fraction of sp³-hybridized carbons (Fsp3) is 0.333. The number of amides is 2. The fourth-order valence-corrected chi connectivity index (χ4v) is 1.76. The van der Waals surface area contributed by atoms with Crippen LogP contribution in [0.5, 0.6) is 0 Å². The lowest BCUT2D eigenvalue weighted by atomic mass is 10.1. The summed E-state index contributed by atoms with van der Waals surface area (Å²) in [6.07, 6.45) is -0.395. The monoisotopic (exact) mass is 244 g/mol. The Morgan fingerprint density at radius 2 is 1.94 bits per heavy atom. The number of aliphatic hydroxyl groups excluding tert-OH is 1. The van der Waals surface area contributed by atoms with Crippen LogP contribution < -0.4 is 5.32 Å². The van der Waals surface area contributed by atoms with Gasteiger partial charge in [-0.25, -0.2) is 0 Å². The van der Waals surface area contributed by atoms with Gasteiger partial charge < -0.3 is 15.3 Å². The maximum Gasteiger partial charge on any atom is 0.254 e. The van der Waals surface area contributed by atoms with Gasteiger partial charge in [0.05, 0.1) is 6.10 Å². The number of carbonyl (C=O) groups is 2. The smallest absolute Gasteiger partial charge is 0.254 e. The van der Waals surface area contributed by atoms with Crippen LogP contribution in [-0.2, 0) is 6.54 Å².